The van der Waals surface area contributed by atoms with Crippen LogP contribution in [0.1, 0.15) is 28.8 Å². The second-order valence-electron chi connectivity index (χ2n) is 4.92. The van der Waals surface area contributed by atoms with Crippen molar-refractivity contribution in [3.63, 3.8) is 0 Å². The van der Waals surface area contributed by atoms with Gasteiger partial charge in [0.05, 0.1) is 24.7 Å². The van der Waals surface area contributed by atoms with E-state index < -0.39 is 0 Å². The van der Waals surface area contributed by atoms with Crippen LogP contribution in [0.2, 0.25) is 0 Å². The number of piperidine rings is 1. The normalized spacial score (nSPS) is 18.8. The molecule has 1 unspecified atom stereocenters. The molecule has 19 heavy (non-hydrogen) atoms. The van der Waals surface area contributed by atoms with Crippen LogP contribution in [0.25, 0.3) is 0 Å². The van der Waals surface area contributed by atoms with Crippen molar-refractivity contribution in [3.8, 4) is 11.8 Å². The van der Waals surface area contributed by atoms with Crippen molar-refractivity contribution < 1.29 is 9.53 Å². The molecule has 0 bridgehead atoms. The second-order valence-corrected chi connectivity index (χ2v) is 4.92. The first-order valence-corrected chi connectivity index (χ1v) is 6.49. The fourth-order valence-corrected chi connectivity index (χ4v) is 2.43. The molecule has 0 aromatic heterocycles. The Morgan fingerprint density at radius 2 is 2.32 bits per heavy atom. The third kappa shape index (κ3) is 2.87. The third-order valence-corrected chi connectivity index (χ3v) is 3.48. The van der Waals surface area contributed by atoms with E-state index in [0.29, 0.717) is 24.4 Å². The highest BCUT2D eigenvalue weighted by Crippen LogP contribution is 2.24. The average Bonchev–Trinajstić information content (AvgIpc) is 2.46. The van der Waals surface area contributed by atoms with Crippen LogP contribution < -0.4 is 4.74 Å². The molecule has 1 aromatic carbocycles. The van der Waals surface area contributed by atoms with Crippen molar-refractivity contribution in [2.24, 2.45) is 5.92 Å². The van der Waals surface area contributed by atoms with E-state index in [9.17, 15) is 4.79 Å². The Labute approximate surface area is 113 Å². The molecule has 1 saturated heterocycles. The number of hydrogen-bond donors (Lipinski definition) is 0. The van der Waals surface area contributed by atoms with Crippen molar-refractivity contribution in [1.82, 2.24) is 4.90 Å². The fraction of sp³-hybridized carbons (Fsp3) is 0.467. The summed E-state index contributed by atoms with van der Waals surface area (Å²) in [6.07, 6.45) is 1.77. The van der Waals surface area contributed by atoms with Gasteiger partial charge in [-0.25, -0.2) is 0 Å². The lowest BCUT2D eigenvalue weighted by molar-refractivity contribution is 0.0695. The van der Waals surface area contributed by atoms with Crippen LogP contribution in [-0.2, 0) is 0 Å². The number of carbonyl (C=O) groups excluding carboxylic acids is 1. The number of likely N-dealkylation sites (tertiary alicyclic amines) is 1. The quantitative estimate of drug-likeness (QED) is 0.818. The monoisotopic (exact) mass is 258 g/mol. The van der Waals surface area contributed by atoms with Crippen LogP contribution in [0.4, 0.5) is 0 Å². The van der Waals surface area contributed by atoms with Crippen LogP contribution in [0.15, 0.2) is 18.2 Å². The Hall–Kier alpha value is -2.02. The van der Waals surface area contributed by atoms with Gasteiger partial charge in [0.25, 0.3) is 5.91 Å². The highest BCUT2D eigenvalue weighted by Gasteiger charge is 2.26. The van der Waals surface area contributed by atoms with E-state index in [2.05, 4.69) is 6.07 Å². The predicted octanol–water partition coefficient (Wildman–Crippen LogP) is 2.38. The van der Waals surface area contributed by atoms with Gasteiger partial charge in [-0.05, 0) is 31.9 Å². The molecule has 0 N–H and O–H groups in total. The largest absolute Gasteiger partial charge is 0.496 e. The lowest BCUT2D eigenvalue weighted by atomic mass is 9.98. The second kappa shape index (κ2) is 5.75. The fourth-order valence-electron chi connectivity index (χ4n) is 2.43. The van der Waals surface area contributed by atoms with Gasteiger partial charge in [-0.1, -0.05) is 11.6 Å². The topological polar surface area (TPSA) is 53.3 Å². The number of benzene rings is 1. The first-order valence-electron chi connectivity index (χ1n) is 6.49. The molecule has 1 aromatic rings. The number of aryl methyl sites for hydroxylation is 1. The zero-order chi connectivity index (χ0) is 13.8. The average molecular weight is 258 g/mol. The summed E-state index contributed by atoms with van der Waals surface area (Å²) in [6.45, 7) is 3.19. The Morgan fingerprint density at radius 3 is 3.00 bits per heavy atom. The summed E-state index contributed by atoms with van der Waals surface area (Å²) in [5, 5.41) is 8.99. The van der Waals surface area contributed by atoms with E-state index in [4.69, 9.17) is 10.00 Å². The van der Waals surface area contributed by atoms with Crippen molar-refractivity contribution >= 4 is 5.91 Å². The summed E-state index contributed by atoms with van der Waals surface area (Å²) in [5.41, 5.74) is 1.61. The van der Waals surface area contributed by atoms with Gasteiger partial charge in [0.15, 0.2) is 0 Å². The number of nitrogens with zero attached hydrogens (tertiary/aromatic N) is 2. The highest BCUT2D eigenvalue weighted by molar-refractivity contribution is 5.97. The molecule has 100 valence electrons. The van der Waals surface area contributed by atoms with E-state index in [1.165, 1.54) is 0 Å². The molecule has 0 radical (unpaired) electrons. The van der Waals surface area contributed by atoms with Gasteiger partial charge in [0.1, 0.15) is 5.75 Å². The van der Waals surface area contributed by atoms with Crippen LogP contribution in [0.3, 0.4) is 0 Å². The molecule has 2 rings (SSSR count). The van der Waals surface area contributed by atoms with E-state index in [1.54, 1.807) is 12.0 Å². The molecular weight excluding hydrogens is 240 g/mol. The lowest BCUT2D eigenvalue weighted by Crippen LogP contribution is -2.39. The lowest BCUT2D eigenvalue weighted by Gasteiger charge is -2.30. The summed E-state index contributed by atoms with van der Waals surface area (Å²) in [5.74, 6) is 0.503. The van der Waals surface area contributed by atoms with Gasteiger partial charge in [-0.15, -0.1) is 0 Å². The minimum absolute atomic E-state index is 0.0412. The van der Waals surface area contributed by atoms with Crippen LogP contribution in [-0.4, -0.2) is 31.0 Å². The summed E-state index contributed by atoms with van der Waals surface area (Å²) in [4.78, 5) is 14.3. The van der Waals surface area contributed by atoms with E-state index in [1.807, 2.05) is 25.1 Å². The number of rotatable bonds is 2. The van der Waals surface area contributed by atoms with Gasteiger partial charge in [-0.2, -0.15) is 5.26 Å². The number of hydrogen-bond acceptors (Lipinski definition) is 3. The van der Waals surface area contributed by atoms with Crippen molar-refractivity contribution in [1.29, 1.82) is 5.26 Å². The predicted molar refractivity (Wildman–Crippen MR) is 72.0 cm³/mol. The molecule has 1 aliphatic rings. The summed E-state index contributed by atoms with van der Waals surface area (Å²) >= 11 is 0. The molecule has 1 atom stereocenters. The van der Waals surface area contributed by atoms with Gasteiger partial charge in [0, 0.05) is 13.1 Å². The molecule has 0 saturated carbocycles. The molecule has 4 heteroatoms. The Bertz CT molecular complexity index is 519. The number of nitriles is 1. The molecule has 1 heterocycles. The molecule has 1 fully saturated rings. The number of ether oxygens (including phenoxy) is 1. The maximum absolute atomic E-state index is 12.5. The van der Waals surface area contributed by atoms with Crippen molar-refractivity contribution in [2.45, 2.75) is 19.8 Å². The zero-order valence-corrected chi connectivity index (χ0v) is 11.3. The summed E-state index contributed by atoms with van der Waals surface area (Å²) in [7, 11) is 1.57. The van der Waals surface area contributed by atoms with Crippen molar-refractivity contribution in [3.05, 3.63) is 29.3 Å². The van der Waals surface area contributed by atoms with E-state index in [0.717, 1.165) is 18.4 Å². The molecule has 4 nitrogen and oxygen atoms in total. The minimum Gasteiger partial charge on any atom is -0.496 e. The summed E-state index contributed by atoms with van der Waals surface area (Å²) in [6, 6.07) is 7.83. The molecule has 1 aliphatic heterocycles. The molecule has 0 spiro atoms. The highest BCUT2D eigenvalue weighted by atomic mass is 16.5. The maximum atomic E-state index is 12.5. The van der Waals surface area contributed by atoms with Crippen LogP contribution in [0.5, 0.6) is 5.75 Å². The summed E-state index contributed by atoms with van der Waals surface area (Å²) < 4.78 is 5.25. The van der Waals surface area contributed by atoms with E-state index >= 15 is 0 Å². The first-order chi connectivity index (χ1) is 9.15. The van der Waals surface area contributed by atoms with Crippen LogP contribution >= 0.6 is 0 Å². The molecule has 0 aliphatic carbocycles. The minimum atomic E-state index is -0.0477. The standard InChI is InChI=1S/C15H18N2O2/c1-11-5-6-14(19-2)13(8-11)15(18)17-7-3-4-12(9-16)10-17/h5-6,8,12H,3-4,7,10H2,1-2H3. The maximum Gasteiger partial charge on any atom is 0.257 e. The van der Waals surface area contributed by atoms with Crippen molar-refractivity contribution in [2.75, 3.05) is 20.2 Å². The van der Waals surface area contributed by atoms with Gasteiger partial charge in [0.2, 0.25) is 0 Å². The molecular formula is C15H18N2O2. The molecule has 1 amide bonds. The Morgan fingerprint density at radius 1 is 1.53 bits per heavy atom. The van der Waals surface area contributed by atoms with E-state index in [-0.39, 0.29) is 11.8 Å². The third-order valence-electron chi connectivity index (χ3n) is 3.48. The Balaban J connectivity index is 2.24. The van der Waals surface area contributed by atoms with Gasteiger partial charge < -0.3 is 9.64 Å². The smallest absolute Gasteiger partial charge is 0.257 e. The van der Waals surface area contributed by atoms with Gasteiger partial charge in [-0.3, -0.25) is 4.79 Å². The number of amides is 1. The van der Waals surface area contributed by atoms with Gasteiger partial charge >= 0.3 is 0 Å². The zero-order valence-electron chi connectivity index (χ0n) is 11.3. The first kappa shape index (κ1) is 13.4. The van der Waals surface area contributed by atoms with Crippen LogP contribution in [0, 0.1) is 24.2 Å². The SMILES string of the molecule is COc1ccc(C)cc1C(=O)N1CCCC(C#N)C1. The number of methoxy groups -OCH3 is 1. The number of carbonyl (C=O) groups is 1. The Kier molecular flexibility index (Phi) is 4.06.